The Balaban J connectivity index is 1.73. The summed E-state index contributed by atoms with van der Waals surface area (Å²) in [6, 6.07) is 10.4. The molecule has 0 aliphatic heterocycles. The molecule has 0 atom stereocenters. The van der Waals surface area contributed by atoms with Crippen LogP contribution in [0.2, 0.25) is 6.82 Å². The number of nitrogens with one attached hydrogen (secondary N) is 2. The number of anilines is 1. The lowest BCUT2D eigenvalue weighted by Crippen LogP contribution is -2.19. The maximum atomic E-state index is 9.53. The Morgan fingerprint density at radius 2 is 2.00 bits per heavy atom. The molecule has 124 valence electrons. The van der Waals surface area contributed by atoms with Crippen LogP contribution >= 0.6 is 0 Å². The van der Waals surface area contributed by atoms with Crippen LogP contribution in [-0.2, 0) is 6.42 Å². The summed E-state index contributed by atoms with van der Waals surface area (Å²) in [6.45, 7) is 6.34. The molecule has 3 aromatic rings. The Labute approximate surface area is 142 Å². The third kappa shape index (κ3) is 3.71. The zero-order chi connectivity index (χ0) is 17.1. The first kappa shape index (κ1) is 16.4. The molecule has 0 aliphatic rings. The quantitative estimate of drug-likeness (QED) is 0.609. The summed E-state index contributed by atoms with van der Waals surface area (Å²) in [5, 5.41) is 12.5. The highest BCUT2D eigenvalue weighted by atomic mass is 16.5. The van der Waals surface area contributed by atoms with Crippen LogP contribution in [0.3, 0.4) is 0 Å². The lowest BCUT2D eigenvalue weighted by atomic mass is 9.88. The largest absolute Gasteiger partial charge is 0.477 e. The summed E-state index contributed by atoms with van der Waals surface area (Å²) >= 11 is 0. The van der Waals surface area contributed by atoms with Crippen molar-refractivity contribution in [1.29, 1.82) is 0 Å². The van der Waals surface area contributed by atoms with Crippen molar-refractivity contribution in [2.24, 2.45) is 0 Å². The number of ether oxygens (including phenoxy) is 1. The van der Waals surface area contributed by atoms with Crippen molar-refractivity contribution in [3.8, 4) is 5.88 Å². The molecule has 24 heavy (non-hydrogen) atoms. The number of aromatic nitrogens is 2. The molecule has 0 saturated heterocycles. The molecule has 0 fully saturated rings. The number of aryl methyl sites for hydroxylation is 2. The van der Waals surface area contributed by atoms with Crippen molar-refractivity contribution in [1.82, 2.24) is 9.97 Å². The number of rotatable bonds is 6. The van der Waals surface area contributed by atoms with Crippen molar-refractivity contribution in [3.63, 3.8) is 0 Å². The van der Waals surface area contributed by atoms with Gasteiger partial charge in [0.15, 0.2) is 0 Å². The number of aromatic amines is 1. The highest BCUT2D eigenvalue weighted by Gasteiger charge is 2.12. The van der Waals surface area contributed by atoms with E-state index < -0.39 is 7.05 Å². The van der Waals surface area contributed by atoms with Gasteiger partial charge in [-0.2, -0.15) is 0 Å². The fourth-order valence-corrected chi connectivity index (χ4v) is 2.67. The van der Waals surface area contributed by atoms with E-state index in [2.05, 4.69) is 46.4 Å². The highest BCUT2D eigenvalue weighted by Crippen LogP contribution is 2.27. The van der Waals surface area contributed by atoms with Crippen LogP contribution in [0.5, 0.6) is 5.88 Å². The molecule has 0 saturated carbocycles. The Morgan fingerprint density at radius 1 is 1.25 bits per heavy atom. The molecule has 0 bridgehead atoms. The van der Waals surface area contributed by atoms with E-state index in [4.69, 9.17) is 4.74 Å². The van der Waals surface area contributed by atoms with Gasteiger partial charge in [0, 0.05) is 18.7 Å². The third-order valence-electron chi connectivity index (χ3n) is 3.93. The van der Waals surface area contributed by atoms with Crippen LogP contribution in [0, 0.1) is 13.8 Å². The Morgan fingerprint density at radius 3 is 2.71 bits per heavy atom. The molecule has 0 amide bonds. The predicted molar refractivity (Wildman–Crippen MR) is 98.7 cm³/mol. The second kappa shape index (κ2) is 6.97. The van der Waals surface area contributed by atoms with E-state index in [1.165, 1.54) is 11.1 Å². The van der Waals surface area contributed by atoms with Gasteiger partial charge < -0.3 is 20.0 Å². The van der Waals surface area contributed by atoms with Crippen LogP contribution in [-0.4, -0.2) is 28.6 Å². The minimum absolute atomic E-state index is 0.574. The first-order valence-corrected chi connectivity index (χ1v) is 8.14. The van der Waals surface area contributed by atoms with Gasteiger partial charge in [0.1, 0.15) is 5.52 Å². The second-order valence-electron chi connectivity index (χ2n) is 6.11. The van der Waals surface area contributed by atoms with Gasteiger partial charge in [0.2, 0.25) is 5.88 Å². The van der Waals surface area contributed by atoms with Gasteiger partial charge in [-0.15, -0.1) is 0 Å². The smallest absolute Gasteiger partial charge is 0.406 e. The van der Waals surface area contributed by atoms with Gasteiger partial charge in [-0.25, -0.2) is 4.98 Å². The van der Waals surface area contributed by atoms with Crippen molar-refractivity contribution < 1.29 is 9.76 Å². The normalized spacial score (nSPS) is 10.8. The van der Waals surface area contributed by atoms with Crippen LogP contribution in [0.1, 0.15) is 16.7 Å². The average molecular weight is 323 g/mol. The van der Waals surface area contributed by atoms with E-state index in [0.29, 0.717) is 12.5 Å². The first-order chi connectivity index (χ1) is 11.5. The minimum atomic E-state index is -0.641. The fourth-order valence-electron chi connectivity index (χ4n) is 2.67. The molecule has 1 aromatic carbocycles. The molecule has 2 aromatic heterocycles. The maximum absolute atomic E-state index is 9.53. The Hall–Kier alpha value is -2.47. The SMILES string of the molecule is CB(O)Nc1c[nH]c2c(C)cc(OCCc3ccc(C)cc3)nc12. The van der Waals surface area contributed by atoms with Crippen molar-refractivity contribution in [2.45, 2.75) is 27.1 Å². The molecule has 0 spiro atoms. The monoisotopic (exact) mass is 323 g/mol. The van der Waals surface area contributed by atoms with Gasteiger partial charge in [-0.3, -0.25) is 0 Å². The van der Waals surface area contributed by atoms with E-state index in [9.17, 15) is 5.02 Å². The molecule has 0 unspecified atom stereocenters. The molecule has 5 nitrogen and oxygen atoms in total. The zero-order valence-electron chi connectivity index (χ0n) is 14.3. The van der Waals surface area contributed by atoms with E-state index >= 15 is 0 Å². The number of nitrogens with zero attached hydrogens (tertiary/aromatic N) is 1. The number of benzene rings is 1. The summed E-state index contributed by atoms with van der Waals surface area (Å²) < 4.78 is 5.84. The number of hydrogen-bond donors (Lipinski definition) is 3. The lowest BCUT2D eigenvalue weighted by molar-refractivity contribution is 0.310. The van der Waals surface area contributed by atoms with Crippen molar-refractivity contribution >= 4 is 23.8 Å². The van der Waals surface area contributed by atoms with Crippen LogP contribution in [0.15, 0.2) is 36.5 Å². The summed E-state index contributed by atoms with van der Waals surface area (Å²) in [7, 11) is -0.641. The summed E-state index contributed by atoms with van der Waals surface area (Å²) in [5.74, 6) is 0.598. The predicted octanol–water partition coefficient (Wildman–Crippen LogP) is 3.32. The van der Waals surface area contributed by atoms with Crippen molar-refractivity contribution in [3.05, 3.63) is 53.2 Å². The molecule has 3 N–H and O–H groups in total. The summed E-state index contributed by atoms with van der Waals surface area (Å²) in [6.07, 6.45) is 2.65. The van der Waals surface area contributed by atoms with Crippen LogP contribution in [0.4, 0.5) is 5.69 Å². The molecule has 3 rings (SSSR count). The van der Waals surface area contributed by atoms with E-state index in [1.807, 2.05) is 19.2 Å². The lowest BCUT2D eigenvalue weighted by Gasteiger charge is -2.09. The summed E-state index contributed by atoms with van der Waals surface area (Å²) in [5.41, 5.74) is 6.06. The number of hydrogen-bond acceptors (Lipinski definition) is 4. The van der Waals surface area contributed by atoms with Gasteiger partial charge in [0.25, 0.3) is 0 Å². The van der Waals surface area contributed by atoms with Gasteiger partial charge >= 0.3 is 7.05 Å². The number of fused-ring (bicyclic) bond motifs is 1. The molecule has 6 heteroatoms. The molecular formula is C18H22BN3O2. The maximum Gasteiger partial charge on any atom is 0.406 e. The van der Waals surface area contributed by atoms with Gasteiger partial charge in [-0.05, 0) is 31.8 Å². The summed E-state index contributed by atoms with van der Waals surface area (Å²) in [4.78, 5) is 7.75. The molecule has 0 radical (unpaired) electrons. The minimum Gasteiger partial charge on any atom is -0.477 e. The fraction of sp³-hybridized carbons (Fsp3) is 0.278. The van der Waals surface area contributed by atoms with E-state index in [0.717, 1.165) is 28.7 Å². The molecule has 2 heterocycles. The molecule has 0 aliphatic carbocycles. The standard InChI is InChI=1S/C18H22BN3O2/c1-12-4-6-14(7-5-12)8-9-24-16-10-13(2)17-18(21-16)15(11-20-17)22-19(3)23/h4-7,10-11,20,22-23H,8-9H2,1-3H3. The van der Waals surface area contributed by atoms with Crippen molar-refractivity contribution in [2.75, 3.05) is 11.8 Å². The third-order valence-corrected chi connectivity index (χ3v) is 3.93. The average Bonchev–Trinajstić information content (AvgIpc) is 2.92. The van der Waals surface area contributed by atoms with Crippen LogP contribution < -0.4 is 9.96 Å². The second-order valence-corrected chi connectivity index (χ2v) is 6.11. The highest BCUT2D eigenvalue weighted by molar-refractivity contribution is 6.53. The van der Waals surface area contributed by atoms with Gasteiger partial charge in [-0.1, -0.05) is 29.8 Å². The van der Waals surface area contributed by atoms with Gasteiger partial charge in [0.05, 0.1) is 17.8 Å². The molecular weight excluding hydrogens is 301 g/mol. The number of pyridine rings is 1. The van der Waals surface area contributed by atoms with E-state index in [1.54, 1.807) is 6.82 Å². The zero-order valence-corrected chi connectivity index (χ0v) is 14.3. The first-order valence-electron chi connectivity index (χ1n) is 8.14. The topological polar surface area (TPSA) is 70.2 Å². The number of H-pyrrole nitrogens is 1. The Kier molecular flexibility index (Phi) is 4.76. The Bertz CT molecular complexity index is 828. The van der Waals surface area contributed by atoms with Crippen LogP contribution in [0.25, 0.3) is 11.0 Å². The van der Waals surface area contributed by atoms with E-state index in [-0.39, 0.29) is 0 Å².